The average molecular weight is 264 g/mol. The molecule has 0 amide bonds. The van der Waals surface area contributed by atoms with E-state index in [4.69, 9.17) is 0 Å². The van der Waals surface area contributed by atoms with Crippen molar-refractivity contribution in [1.29, 1.82) is 0 Å². The normalized spacial score (nSPS) is 13.9. The molecule has 1 aromatic rings. The summed E-state index contributed by atoms with van der Waals surface area (Å²) in [6.07, 6.45) is 3.14. The predicted octanol–water partition coefficient (Wildman–Crippen LogP) is 4.53. The Balaban J connectivity index is 2.87. The number of benzene rings is 1. The molecule has 1 N–H and O–H groups in total. The minimum absolute atomic E-state index is 0.169. The fourth-order valence-corrected chi connectivity index (χ4v) is 2.11. The molecule has 0 aromatic heterocycles. The number of anilines is 1. The van der Waals surface area contributed by atoms with E-state index in [1.54, 1.807) is 6.07 Å². The molecule has 0 spiro atoms. The van der Waals surface area contributed by atoms with Crippen LogP contribution in [0, 0.1) is 23.0 Å². The minimum Gasteiger partial charge on any atom is -0.377 e. The molecule has 4 heteroatoms. The Morgan fingerprint density at radius 2 is 2.00 bits per heavy atom. The van der Waals surface area contributed by atoms with Crippen molar-refractivity contribution >= 4 is 11.4 Å². The van der Waals surface area contributed by atoms with E-state index in [0.29, 0.717) is 11.6 Å². The molecule has 0 fully saturated rings. The zero-order valence-electron chi connectivity index (χ0n) is 12.3. The Labute approximate surface area is 115 Å². The second-order valence-electron chi connectivity index (χ2n) is 5.28. The quantitative estimate of drug-likeness (QED) is 0.581. The van der Waals surface area contributed by atoms with Crippen molar-refractivity contribution in [2.24, 2.45) is 5.92 Å². The van der Waals surface area contributed by atoms with Crippen molar-refractivity contribution in [3.8, 4) is 0 Å². The third-order valence-electron chi connectivity index (χ3n) is 3.59. The van der Waals surface area contributed by atoms with Gasteiger partial charge >= 0.3 is 0 Å². The Hall–Kier alpha value is -1.58. The second kappa shape index (κ2) is 7.12. The number of aryl methyl sites for hydroxylation is 1. The number of nitro benzene ring substituents is 1. The third-order valence-corrected chi connectivity index (χ3v) is 3.59. The molecule has 1 aromatic carbocycles. The molecule has 0 aliphatic carbocycles. The Morgan fingerprint density at radius 1 is 1.32 bits per heavy atom. The molecule has 0 heterocycles. The highest BCUT2D eigenvalue weighted by atomic mass is 16.6. The van der Waals surface area contributed by atoms with Gasteiger partial charge in [0.15, 0.2) is 0 Å². The lowest BCUT2D eigenvalue weighted by Gasteiger charge is -2.21. The van der Waals surface area contributed by atoms with E-state index in [9.17, 15) is 10.1 Å². The highest BCUT2D eigenvalue weighted by Gasteiger charge is 2.17. The summed E-state index contributed by atoms with van der Waals surface area (Å²) in [6.45, 7) is 8.37. The van der Waals surface area contributed by atoms with Crippen molar-refractivity contribution in [2.45, 2.75) is 53.0 Å². The number of hydrogen-bond acceptors (Lipinski definition) is 3. The van der Waals surface area contributed by atoms with Crippen LogP contribution in [0.1, 0.15) is 45.6 Å². The van der Waals surface area contributed by atoms with Gasteiger partial charge in [0, 0.05) is 12.1 Å². The molecule has 0 radical (unpaired) electrons. The monoisotopic (exact) mass is 264 g/mol. The maximum atomic E-state index is 11.1. The lowest BCUT2D eigenvalue weighted by atomic mass is 9.97. The molecule has 2 atom stereocenters. The summed E-state index contributed by atoms with van der Waals surface area (Å²) in [5.41, 5.74) is 1.71. The van der Waals surface area contributed by atoms with E-state index in [0.717, 1.165) is 24.8 Å². The summed E-state index contributed by atoms with van der Waals surface area (Å²) >= 11 is 0. The Bertz CT molecular complexity index is 432. The first kappa shape index (κ1) is 15.5. The molecule has 0 saturated heterocycles. The molecular formula is C15H24N2O2. The standard InChI is InChI=1S/C15H24N2O2/c1-5-11(3)9-13(6-2)16-14-8-7-12(4)10-15(14)17(18)19/h7-8,10-11,13,16H,5-6,9H2,1-4H3. The average Bonchev–Trinajstić information content (AvgIpc) is 2.39. The molecule has 19 heavy (non-hydrogen) atoms. The van der Waals surface area contributed by atoms with Gasteiger partial charge in [-0.05, 0) is 37.3 Å². The molecule has 0 saturated carbocycles. The maximum Gasteiger partial charge on any atom is 0.292 e. The van der Waals surface area contributed by atoms with Crippen molar-refractivity contribution in [1.82, 2.24) is 0 Å². The van der Waals surface area contributed by atoms with Gasteiger partial charge in [-0.25, -0.2) is 0 Å². The van der Waals surface area contributed by atoms with E-state index in [2.05, 4.69) is 26.1 Å². The summed E-state index contributed by atoms with van der Waals surface area (Å²) < 4.78 is 0. The summed E-state index contributed by atoms with van der Waals surface area (Å²) in [4.78, 5) is 10.8. The van der Waals surface area contributed by atoms with Crippen molar-refractivity contribution in [3.63, 3.8) is 0 Å². The first-order chi connectivity index (χ1) is 8.97. The fraction of sp³-hybridized carbons (Fsp3) is 0.600. The fourth-order valence-electron chi connectivity index (χ4n) is 2.11. The first-order valence-corrected chi connectivity index (χ1v) is 6.99. The molecule has 0 aliphatic rings. The Morgan fingerprint density at radius 3 is 2.53 bits per heavy atom. The van der Waals surface area contributed by atoms with E-state index in [1.807, 2.05) is 19.1 Å². The number of nitrogens with zero attached hydrogens (tertiary/aromatic N) is 1. The number of hydrogen-bond donors (Lipinski definition) is 1. The largest absolute Gasteiger partial charge is 0.377 e. The predicted molar refractivity (Wildman–Crippen MR) is 79.6 cm³/mol. The molecule has 0 bridgehead atoms. The zero-order valence-corrected chi connectivity index (χ0v) is 12.3. The van der Waals surface area contributed by atoms with Crippen LogP contribution in [0.2, 0.25) is 0 Å². The molecule has 2 unspecified atom stereocenters. The zero-order chi connectivity index (χ0) is 14.4. The highest BCUT2D eigenvalue weighted by molar-refractivity contribution is 5.62. The topological polar surface area (TPSA) is 55.2 Å². The molecule has 4 nitrogen and oxygen atoms in total. The van der Waals surface area contributed by atoms with Crippen LogP contribution in [0.15, 0.2) is 18.2 Å². The van der Waals surface area contributed by atoms with Crippen LogP contribution in [-0.4, -0.2) is 11.0 Å². The van der Waals surface area contributed by atoms with E-state index < -0.39 is 0 Å². The van der Waals surface area contributed by atoms with Crippen LogP contribution < -0.4 is 5.32 Å². The van der Waals surface area contributed by atoms with Gasteiger partial charge in [-0.15, -0.1) is 0 Å². The molecular weight excluding hydrogens is 240 g/mol. The van der Waals surface area contributed by atoms with Gasteiger partial charge < -0.3 is 5.32 Å². The van der Waals surface area contributed by atoms with Crippen LogP contribution >= 0.6 is 0 Å². The Kier molecular flexibility index (Phi) is 5.80. The second-order valence-corrected chi connectivity index (χ2v) is 5.28. The van der Waals surface area contributed by atoms with E-state index >= 15 is 0 Å². The summed E-state index contributed by atoms with van der Waals surface area (Å²) in [5.74, 6) is 0.627. The van der Waals surface area contributed by atoms with Gasteiger partial charge in [0.05, 0.1) is 4.92 Å². The van der Waals surface area contributed by atoms with Gasteiger partial charge in [0.25, 0.3) is 5.69 Å². The summed E-state index contributed by atoms with van der Waals surface area (Å²) in [6, 6.07) is 5.63. The molecule has 1 rings (SSSR count). The number of nitrogens with one attached hydrogen (secondary N) is 1. The SMILES string of the molecule is CCC(C)CC(CC)Nc1ccc(C)cc1[N+](=O)[O-]. The number of nitro groups is 1. The molecule has 0 aliphatic heterocycles. The lowest BCUT2D eigenvalue weighted by molar-refractivity contribution is -0.384. The minimum atomic E-state index is -0.314. The van der Waals surface area contributed by atoms with Gasteiger partial charge in [0.2, 0.25) is 0 Å². The van der Waals surface area contributed by atoms with Crippen LogP contribution in [0.3, 0.4) is 0 Å². The third kappa shape index (κ3) is 4.54. The van der Waals surface area contributed by atoms with Crippen LogP contribution in [0.5, 0.6) is 0 Å². The first-order valence-electron chi connectivity index (χ1n) is 6.99. The van der Waals surface area contributed by atoms with Gasteiger partial charge in [-0.3, -0.25) is 10.1 Å². The van der Waals surface area contributed by atoms with Gasteiger partial charge in [0.1, 0.15) is 5.69 Å². The van der Waals surface area contributed by atoms with Crippen LogP contribution in [0.25, 0.3) is 0 Å². The van der Waals surface area contributed by atoms with E-state index in [-0.39, 0.29) is 16.7 Å². The lowest BCUT2D eigenvalue weighted by Crippen LogP contribution is -2.21. The number of rotatable bonds is 7. The summed E-state index contributed by atoms with van der Waals surface area (Å²) in [5, 5.41) is 14.4. The molecule has 106 valence electrons. The van der Waals surface area contributed by atoms with Gasteiger partial charge in [-0.2, -0.15) is 0 Å². The maximum absolute atomic E-state index is 11.1. The van der Waals surface area contributed by atoms with Crippen LogP contribution in [-0.2, 0) is 0 Å². The van der Waals surface area contributed by atoms with E-state index in [1.165, 1.54) is 0 Å². The van der Waals surface area contributed by atoms with Crippen molar-refractivity contribution in [3.05, 3.63) is 33.9 Å². The smallest absolute Gasteiger partial charge is 0.292 e. The highest BCUT2D eigenvalue weighted by Crippen LogP contribution is 2.27. The van der Waals surface area contributed by atoms with Crippen molar-refractivity contribution < 1.29 is 4.92 Å². The van der Waals surface area contributed by atoms with Gasteiger partial charge in [-0.1, -0.05) is 33.3 Å². The van der Waals surface area contributed by atoms with Crippen molar-refractivity contribution in [2.75, 3.05) is 5.32 Å². The van der Waals surface area contributed by atoms with Crippen LogP contribution in [0.4, 0.5) is 11.4 Å². The summed E-state index contributed by atoms with van der Waals surface area (Å²) in [7, 11) is 0.